The van der Waals surface area contributed by atoms with Crippen LogP contribution in [-0.2, 0) is 23.1 Å². The highest BCUT2D eigenvalue weighted by molar-refractivity contribution is 5.80. The fourth-order valence-corrected chi connectivity index (χ4v) is 3.75. The van der Waals surface area contributed by atoms with Gasteiger partial charge >= 0.3 is 5.97 Å². The van der Waals surface area contributed by atoms with Gasteiger partial charge in [0.05, 0.1) is 12.1 Å². The molecule has 0 unspecified atom stereocenters. The highest BCUT2D eigenvalue weighted by Crippen LogP contribution is 2.39. The monoisotopic (exact) mass is 371 g/mol. The minimum Gasteiger partial charge on any atom is -0.481 e. The molecule has 3 heterocycles. The molecular formula is C19H21N3O5. The van der Waals surface area contributed by atoms with Crippen molar-refractivity contribution in [3.63, 3.8) is 0 Å². The molecule has 0 bridgehead atoms. The molecule has 0 radical (unpaired) electrons. The lowest BCUT2D eigenvalue weighted by Gasteiger charge is -2.16. The van der Waals surface area contributed by atoms with E-state index in [-0.39, 0.29) is 25.2 Å². The van der Waals surface area contributed by atoms with Crippen molar-refractivity contribution in [2.24, 2.45) is 13.0 Å². The number of carboxylic acid groups (broad SMARTS) is 1. The van der Waals surface area contributed by atoms with E-state index in [0.29, 0.717) is 30.9 Å². The van der Waals surface area contributed by atoms with Crippen LogP contribution < -0.4 is 9.47 Å². The molecule has 2 atom stereocenters. The number of carboxylic acids is 1. The van der Waals surface area contributed by atoms with Crippen LogP contribution in [-0.4, -0.2) is 51.5 Å². The number of hydrogen-bond donors (Lipinski definition) is 1. The molecule has 27 heavy (non-hydrogen) atoms. The topological polar surface area (TPSA) is 93.9 Å². The van der Waals surface area contributed by atoms with Crippen molar-refractivity contribution in [3.8, 4) is 11.5 Å². The number of carbonyl (C=O) groups excluding carboxylic acids is 1. The van der Waals surface area contributed by atoms with Crippen molar-refractivity contribution in [2.45, 2.75) is 18.8 Å². The molecule has 1 aromatic carbocycles. The van der Waals surface area contributed by atoms with Crippen LogP contribution in [0.25, 0.3) is 0 Å². The van der Waals surface area contributed by atoms with Gasteiger partial charge in [0.25, 0.3) is 0 Å². The second kappa shape index (κ2) is 6.94. The van der Waals surface area contributed by atoms with Gasteiger partial charge < -0.3 is 19.5 Å². The van der Waals surface area contributed by atoms with Crippen LogP contribution in [0.15, 0.2) is 30.6 Å². The summed E-state index contributed by atoms with van der Waals surface area (Å²) >= 11 is 0. The van der Waals surface area contributed by atoms with E-state index in [4.69, 9.17) is 9.47 Å². The second-order valence-electron chi connectivity index (χ2n) is 6.98. The molecule has 4 rings (SSSR count). The molecule has 2 aliphatic heterocycles. The molecule has 8 nitrogen and oxygen atoms in total. The SMILES string of the molecule is Cn1cc(CCC(=O)N2C[C@H](C(=O)O)[C@@H](c3ccc4c(c3)OCO4)C2)cn1. The molecule has 0 spiro atoms. The number of amides is 1. The standard InChI is InChI=1S/C19H21N3O5/c1-21-8-12(7-20-21)2-5-18(23)22-9-14(15(10-22)19(24)25)13-3-4-16-17(6-13)27-11-26-16/h3-4,6-8,14-15H,2,5,9-11H2,1H3,(H,24,25)/t14-,15+/m1/s1. The van der Waals surface area contributed by atoms with Gasteiger partial charge in [-0.05, 0) is 29.7 Å². The highest BCUT2D eigenvalue weighted by atomic mass is 16.7. The third kappa shape index (κ3) is 3.47. The van der Waals surface area contributed by atoms with Gasteiger partial charge in [-0.15, -0.1) is 0 Å². The normalized spacial score (nSPS) is 20.9. The zero-order valence-electron chi connectivity index (χ0n) is 15.0. The average Bonchev–Trinajstić information content (AvgIpc) is 3.37. The van der Waals surface area contributed by atoms with Gasteiger partial charge in [0.2, 0.25) is 12.7 Å². The zero-order valence-corrected chi connectivity index (χ0v) is 15.0. The Morgan fingerprint density at radius 1 is 1.26 bits per heavy atom. The molecule has 8 heteroatoms. The van der Waals surface area contributed by atoms with Crippen molar-refractivity contribution < 1.29 is 24.2 Å². The maximum absolute atomic E-state index is 12.6. The van der Waals surface area contributed by atoms with E-state index in [2.05, 4.69) is 5.10 Å². The van der Waals surface area contributed by atoms with Crippen LogP contribution in [0.1, 0.15) is 23.5 Å². The number of carbonyl (C=O) groups is 2. The molecule has 0 saturated carbocycles. The van der Waals surface area contributed by atoms with E-state index in [0.717, 1.165) is 11.1 Å². The summed E-state index contributed by atoms with van der Waals surface area (Å²) in [5.74, 6) is -0.536. The van der Waals surface area contributed by atoms with E-state index in [9.17, 15) is 14.7 Å². The molecule has 1 aromatic heterocycles. The summed E-state index contributed by atoms with van der Waals surface area (Å²) in [6, 6.07) is 5.48. The highest BCUT2D eigenvalue weighted by Gasteiger charge is 2.40. The van der Waals surface area contributed by atoms with Crippen molar-refractivity contribution in [1.82, 2.24) is 14.7 Å². The first-order chi connectivity index (χ1) is 13.0. The molecule has 1 amide bonds. The van der Waals surface area contributed by atoms with Gasteiger partial charge in [0.1, 0.15) is 0 Å². The summed E-state index contributed by atoms with van der Waals surface area (Å²) < 4.78 is 12.4. The molecule has 1 N–H and O–H groups in total. The number of rotatable bonds is 5. The summed E-state index contributed by atoms with van der Waals surface area (Å²) in [5, 5.41) is 13.7. The molecule has 0 aliphatic carbocycles. The molecule has 2 aliphatic rings. The predicted molar refractivity (Wildman–Crippen MR) is 94.5 cm³/mol. The van der Waals surface area contributed by atoms with Crippen molar-refractivity contribution >= 4 is 11.9 Å². The lowest BCUT2D eigenvalue weighted by molar-refractivity contribution is -0.141. The fraction of sp³-hybridized carbons (Fsp3) is 0.421. The maximum atomic E-state index is 12.6. The summed E-state index contributed by atoms with van der Waals surface area (Å²) in [5.41, 5.74) is 1.85. The molecular weight excluding hydrogens is 350 g/mol. The van der Waals surface area contributed by atoms with Crippen molar-refractivity contribution in [3.05, 3.63) is 41.7 Å². The number of likely N-dealkylation sites (tertiary alicyclic amines) is 1. The number of aromatic nitrogens is 2. The predicted octanol–water partition coefficient (Wildman–Crippen LogP) is 1.41. The molecule has 1 fully saturated rings. The van der Waals surface area contributed by atoms with Crippen LogP contribution in [0.4, 0.5) is 0 Å². The smallest absolute Gasteiger partial charge is 0.308 e. The Kier molecular flexibility index (Phi) is 4.47. The summed E-state index contributed by atoms with van der Waals surface area (Å²) in [6.07, 6.45) is 4.56. The van der Waals surface area contributed by atoms with Gasteiger partial charge in [0, 0.05) is 38.7 Å². The maximum Gasteiger partial charge on any atom is 0.308 e. The number of ether oxygens (including phenoxy) is 2. The van der Waals surface area contributed by atoms with Crippen LogP contribution in [0.2, 0.25) is 0 Å². The lowest BCUT2D eigenvalue weighted by Crippen LogP contribution is -2.30. The summed E-state index contributed by atoms with van der Waals surface area (Å²) in [6.45, 7) is 0.785. The minimum absolute atomic E-state index is 0.0339. The first-order valence-electron chi connectivity index (χ1n) is 8.89. The minimum atomic E-state index is -0.889. The van der Waals surface area contributed by atoms with Crippen LogP contribution in [0, 0.1) is 5.92 Å². The fourth-order valence-electron chi connectivity index (χ4n) is 3.75. The summed E-state index contributed by atoms with van der Waals surface area (Å²) in [7, 11) is 1.83. The number of aliphatic carboxylic acids is 1. The van der Waals surface area contributed by atoms with Gasteiger partial charge in [-0.2, -0.15) is 5.10 Å². The molecule has 2 aromatic rings. The lowest BCUT2D eigenvalue weighted by atomic mass is 9.89. The number of fused-ring (bicyclic) bond motifs is 1. The van der Waals surface area contributed by atoms with Gasteiger partial charge in [0.15, 0.2) is 11.5 Å². The van der Waals surface area contributed by atoms with Crippen LogP contribution in [0.3, 0.4) is 0 Å². The average molecular weight is 371 g/mol. The quantitative estimate of drug-likeness (QED) is 0.854. The van der Waals surface area contributed by atoms with Crippen LogP contribution in [0.5, 0.6) is 11.5 Å². The first kappa shape index (κ1) is 17.4. The Hall–Kier alpha value is -3.03. The van der Waals surface area contributed by atoms with Crippen molar-refractivity contribution in [1.29, 1.82) is 0 Å². The largest absolute Gasteiger partial charge is 0.481 e. The summed E-state index contributed by atoms with van der Waals surface area (Å²) in [4.78, 5) is 26.0. The third-order valence-electron chi connectivity index (χ3n) is 5.20. The van der Waals surface area contributed by atoms with Gasteiger partial charge in [-0.1, -0.05) is 6.07 Å². The van der Waals surface area contributed by atoms with Crippen molar-refractivity contribution in [2.75, 3.05) is 19.9 Å². The first-order valence-corrected chi connectivity index (χ1v) is 8.89. The Balaban J connectivity index is 1.46. The zero-order chi connectivity index (χ0) is 19.0. The van der Waals surface area contributed by atoms with Gasteiger partial charge in [-0.3, -0.25) is 14.3 Å². The number of hydrogen-bond acceptors (Lipinski definition) is 5. The molecule has 1 saturated heterocycles. The van der Waals surface area contributed by atoms with E-state index in [1.165, 1.54) is 0 Å². The Morgan fingerprint density at radius 2 is 2.07 bits per heavy atom. The molecule has 142 valence electrons. The number of aryl methyl sites for hydroxylation is 2. The Labute approximate surface area is 156 Å². The third-order valence-corrected chi connectivity index (χ3v) is 5.20. The second-order valence-corrected chi connectivity index (χ2v) is 6.98. The number of nitrogens with zero attached hydrogens (tertiary/aromatic N) is 3. The van der Waals surface area contributed by atoms with E-state index in [1.54, 1.807) is 21.8 Å². The van der Waals surface area contributed by atoms with E-state index >= 15 is 0 Å². The Morgan fingerprint density at radius 3 is 2.81 bits per heavy atom. The van der Waals surface area contributed by atoms with E-state index < -0.39 is 11.9 Å². The van der Waals surface area contributed by atoms with E-state index in [1.807, 2.05) is 25.4 Å². The number of benzene rings is 1. The Bertz CT molecular complexity index is 878. The van der Waals surface area contributed by atoms with Gasteiger partial charge in [-0.25, -0.2) is 0 Å². The van der Waals surface area contributed by atoms with Crippen LogP contribution >= 0.6 is 0 Å².